The minimum absolute atomic E-state index is 0.494. The van der Waals surface area contributed by atoms with E-state index in [9.17, 15) is 0 Å². The fraction of sp³-hybridized carbons (Fsp3) is 0.714. The summed E-state index contributed by atoms with van der Waals surface area (Å²) in [6.07, 6.45) is 3.69. The second kappa shape index (κ2) is 6.53. The number of rotatable bonds is 5. The highest BCUT2D eigenvalue weighted by atomic mass is 32.1. The maximum atomic E-state index is 5.64. The molecule has 96 valence electrons. The Balaban J connectivity index is 2.06. The van der Waals surface area contributed by atoms with E-state index in [4.69, 9.17) is 4.74 Å². The third-order valence-electron chi connectivity index (χ3n) is 3.35. The molecule has 0 saturated carbocycles. The van der Waals surface area contributed by atoms with E-state index in [0.717, 1.165) is 19.8 Å². The first-order valence-corrected chi connectivity index (χ1v) is 7.50. The van der Waals surface area contributed by atoms with Gasteiger partial charge in [0.1, 0.15) is 0 Å². The van der Waals surface area contributed by atoms with Gasteiger partial charge in [-0.25, -0.2) is 0 Å². The summed E-state index contributed by atoms with van der Waals surface area (Å²) in [5.74, 6) is 0.647. The molecule has 1 N–H and O–H groups in total. The molecule has 0 aromatic carbocycles. The van der Waals surface area contributed by atoms with Gasteiger partial charge in [-0.1, -0.05) is 6.92 Å². The van der Waals surface area contributed by atoms with Crippen LogP contribution in [0.1, 0.15) is 42.0 Å². The molecule has 3 heteroatoms. The zero-order valence-electron chi connectivity index (χ0n) is 10.9. The highest BCUT2D eigenvalue weighted by Gasteiger charge is 2.25. The molecule has 2 rings (SSSR count). The molecule has 17 heavy (non-hydrogen) atoms. The topological polar surface area (TPSA) is 21.3 Å². The Labute approximate surface area is 108 Å². The highest BCUT2D eigenvalue weighted by molar-refractivity contribution is 7.12. The average Bonchev–Trinajstić information content (AvgIpc) is 2.78. The van der Waals surface area contributed by atoms with Crippen molar-refractivity contribution in [2.45, 2.75) is 39.2 Å². The molecule has 1 aliphatic heterocycles. The standard InChI is InChI=1S/C14H23NOS/c1-3-8-15-14(12-5-4-9-16-10-12)13-7-6-11(2)17-13/h6-7,12,14-15H,3-5,8-10H2,1-2H3. The molecular formula is C14H23NOS. The van der Waals surface area contributed by atoms with Gasteiger partial charge in [0.05, 0.1) is 6.61 Å². The Morgan fingerprint density at radius 1 is 1.53 bits per heavy atom. The van der Waals surface area contributed by atoms with E-state index in [0.29, 0.717) is 12.0 Å². The van der Waals surface area contributed by atoms with Crippen LogP contribution in [0.15, 0.2) is 12.1 Å². The first-order valence-electron chi connectivity index (χ1n) is 6.68. The number of nitrogens with one attached hydrogen (secondary N) is 1. The fourth-order valence-electron chi connectivity index (χ4n) is 2.45. The molecular weight excluding hydrogens is 230 g/mol. The predicted octanol–water partition coefficient (Wildman–Crippen LogP) is 3.52. The van der Waals surface area contributed by atoms with Crippen LogP contribution >= 0.6 is 11.3 Å². The summed E-state index contributed by atoms with van der Waals surface area (Å²) < 4.78 is 5.64. The van der Waals surface area contributed by atoms with Crippen molar-refractivity contribution in [3.8, 4) is 0 Å². The lowest BCUT2D eigenvalue weighted by Crippen LogP contribution is -2.33. The summed E-state index contributed by atoms with van der Waals surface area (Å²) in [4.78, 5) is 2.88. The van der Waals surface area contributed by atoms with Crippen molar-refractivity contribution in [2.75, 3.05) is 19.8 Å². The Morgan fingerprint density at radius 2 is 2.41 bits per heavy atom. The minimum Gasteiger partial charge on any atom is -0.381 e. The Kier molecular flexibility index (Phi) is 5.01. The van der Waals surface area contributed by atoms with Gasteiger partial charge in [0, 0.05) is 28.3 Å². The predicted molar refractivity (Wildman–Crippen MR) is 73.6 cm³/mol. The highest BCUT2D eigenvalue weighted by Crippen LogP contribution is 2.32. The van der Waals surface area contributed by atoms with Gasteiger partial charge in [-0.15, -0.1) is 11.3 Å². The van der Waals surface area contributed by atoms with Gasteiger partial charge in [0.2, 0.25) is 0 Å². The normalized spacial score (nSPS) is 22.6. The molecule has 2 nitrogen and oxygen atoms in total. The second-order valence-electron chi connectivity index (χ2n) is 4.86. The van der Waals surface area contributed by atoms with E-state index in [1.165, 1.54) is 29.0 Å². The molecule has 0 spiro atoms. The molecule has 0 aliphatic carbocycles. The van der Waals surface area contributed by atoms with E-state index >= 15 is 0 Å². The van der Waals surface area contributed by atoms with Crippen LogP contribution in [-0.2, 0) is 4.74 Å². The second-order valence-corrected chi connectivity index (χ2v) is 6.18. The molecule has 1 saturated heterocycles. The van der Waals surface area contributed by atoms with Crippen molar-refractivity contribution < 1.29 is 4.74 Å². The summed E-state index contributed by atoms with van der Waals surface area (Å²) >= 11 is 1.92. The summed E-state index contributed by atoms with van der Waals surface area (Å²) in [7, 11) is 0. The van der Waals surface area contributed by atoms with Crippen molar-refractivity contribution >= 4 is 11.3 Å². The van der Waals surface area contributed by atoms with Gasteiger partial charge in [0.15, 0.2) is 0 Å². The van der Waals surface area contributed by atoms with Crippen molar-refractivity contribution in [3.63, 3.8) is 0 Å². The minimum atomic E-state index is 0.494. The van der Waals surface area contributed by atoms with E-state index in [1.807, 2.05) is 11.3 Å². The Morgan fingerprint density at radius 3 is 3.00 bits per heavy atom. The zero-order valence-corrected chi connectivity index (χ0v) is 11.7. The molecule has 2 heterocycles. The van der Waals surface area contributed by atoms with Crippen molar-refractivity contribution in [1.82, 2.24) is 5.32 Å². The molecule has 1 aromatic rings. The maximum absolute atomic E-state index is 5.64. The van der Waals surface area contributed by atoms with Gasteiger partial charge >= 0.3 is 0 Å². The number of ether oxygens (including phenoxy) is 1. The monoisotopic (exact) mass is 253 g/mol. The van der Waals surface area contributed by atoms with Crippen molar-refractivity contribution in [2.24, 2.45) is 5.92 Å². The SMILES string of the molecule is CCCNC(c1ccc(C)s1)C1CCCOC1. The molecule has 1 aromatic heterocycles. The van der Waals surface area contributed by atoms with Crippen LogP contribution in [0.2, 0.25) is 0 Å². The fourth-order valence-corrected chi connectivity index (χ4v) is 3.50. The van der Waals surface area contributed by atoms with Crippen LogP contribution in [0.4, 0.5) is 0 Å². The molecule has 2 atom stereocenters. The quantitative estimate of drug-likeness (QED) is 0.867. The van der Waals surface area contributed by atoms with Gasteiger partial charge < -0.3 is 10.1 Å². The molecule has 1 fully saturated rings. The largest absolute Gasteiger partial charge is 0.381 e. The Bertz CT molecular complexity index is 331. The lowest BCUT2D eigenvalue weighted by molar-refractivity contribution is 0.0396. The summed E-state index contributed by atoms with van der Waals surface area (Å²) in [6, 6.07) is 5.00. The van der Waals surface area contributed by atoms with E-state index in [-0.39, 0.29) is 0 Å². The third-order valence-corrected chi connectivity index (χ3v) is 4.43. The smallest absolute Gasteiger partial charge is 0.0512 e. The molecule has 0 bridgehead atoms. The van der Waals surface area contributed by atoms with Crippen molar-refractivity contribution in [3.05, 3.63) is 21.9 Å². The first kappa shape index (κ1) is 13.1. The third kappa shape index (κ3) is 3.54. The van der Waals surface area contributed by atoms with Crippen LogP contribution in [0.5, 0.6) is 0 Å². The van der Waals surface area contributed by atoms with Gasteiger partial charge in [-0.05, 0) is 44.9 Å². The van der Waals surface area contributed by atoms with Crippen molar-refractivity contribution in [1.29, 1.82) is 0 Å². The van der Waals surface area contributed by atoms with Gasteiger partial charge in [0.25, 0.3) is 0 Å². The summed E-state index contributed by atoms with van der Waals surface area (Å²) in [6.45, 7) is 7.36. The van der Waals surface area contributed by atoms with Crippen LogP contribution in [-0.4, -0.2) is 19.8 Å². The molecule has 0 amide bonds. The van der Waals surface area contributed by atoms with Crippen LogP contribution in [0, 0.1) is 12.8 Å². The summed E-state index contributed by atoms with van der Waals surface area (Å²) in [5.41, 5.74) is 0. The number of aryl methyl sites for hydroxylation is 1. The van der Waals surface area contributed by atoms with Crippen LogP contribution in [0.25, 0.3) is 0 Å². The van der Waals surface area contributed by atoms with Crippen LogP contribution < -0.4 is 5.32 Å². The lowest BCUT2D eigenvalue weighted by Gasteiger charge is -2.30. The average molecular weight is 253 g/mol. The molecule has 1 aliphatic rings. The van der Waals surface area contributed by atoms with E-state index < -0.39 is 0 Å². The number of thiophene rings is 1. The molecule has 0 radical (unpaired) electrons. The Hall–Kier alpha value is -0.380. The number of hydrogen-bond acceptors (Lipinski definition) is 3. The number of hydrogen-bond donors (Lipinski definition) is 1. The first-order chi connectivity index (χ1) is 8.31. The lowest BCUT2D eigenvalue weighted by atomic mass is 9.92. The van der Waals surface area contributed by atoms with Crippen LogP contribution in [0.3, 0.4) is 0 Å². The van der Waals surface area contributed by atoms with E-state index in [2.05, 4.69) is 31.3 Å². The molecule has 2 unspecified atom stereocenters. The van der Waals surface area contributed by atoms with E-state index in [1.54, 1.807) is 0 Å². The zero-order chi connectivity index (χ0) is 12.1. The van der Waals surface area contributed by atoms with Gasteiger partial charge in [-0.3, -0.25) is 0 Å². The van der Waals surface area contributed by atoms with Gasteiger partial charge in [-0.2, -0.15) is 0 Å². The summed E-state index contributed by atoms with van der Waals surface area (Å²) in [5, 5.41) is 3.70. The maximum Gasteiger partial charge on any atom is 0.0512 e.